The molecule has 5 nitrogen and oxygen atoms in total. The van der Waals surface area contributed by atoms with Gasteiger partial charge in [-0.3, -0.25) is 0 Å². The van der Waals surface area contributed by atoms with E-state index in [0.29, 0.717) is 17.4 Å². The van der Waals surface area contributed by atoms with Crippen LogP contribution in [0.2, 0.25) is 0 Å². The number of halogens is 3. The molecule has 0 spiro atoms. The van der Waals surface area contributed by atoms with E-state index in [4.69, 9.17) is 4.18 Å². The molecule has 1 aromatic heterocycles. The van der Waals surface area contributed by atoms with E-state index in [1.807, 2.05) is 46.8 Å². The second-order valence-electron chi connectivity index (χ2n) is 8.38. The summed E-state index contributed by atoms with van der Waals surface area (Å²) in [5.74, 6) is -0.103. The molecular weight excluding hydrogens is 429 g/mol. The predicted octanol–water partition coefficient (Wildman–Crippen LogP) is 5.57. The summed E-state index contributed by atoms with van der Waals surface area (Å²) in [5, 5.41) is 4.52. The lowest BCUT2D eigenvalue weighted by molar-refractivity contribution is -0.137. The quantitative estimate of drug-likeness (QED) is 0.486. The molecule has 166 valence electrons. The molecule has 0 bridgehead atoms. The van der Waals surface area contributed by atoms with Crippen molar-refractivity contribution in [3.05, 3.63) is 70.9 Å². The highest BCUT2D eigenvalue weighted by atomic mass is 32.2. The number of hydrogen-bond acceptors (Lipinski definition) is 4. The fraction of sp³-hybridized carbons (Fsp3) is 0.318. The van der Waals surface area contributed by atoms with Gasteiger partial charge in [0.25, 0.3) is 0 Å². The van der Waals surface area contributed by atoms with Crippen LogP contribution in [0, 0.1) is 13.8 Å². The van der Waals surface area contributed by atoms with Crippen LogP contribution in [0.1, 0.15) is 43.2 Å². The summed E-state index contributed by atoms with van der Waals surface area (Å²) in [6.45, 7) is 9.51. The molecule has 0 saturated heterocycles. The van der Waals surface area contributed by atoms with E-state index in [9.17, 15) is 21.6 Å². The molecule has 0 fully saturated rings. The van der Waals surface area contributed by atoms with E-state index in [-0.39, 0.29) is 5.88 Å². The van der Waals surface area contributed by atoms with Gasteiger partial charge in [0.15, 0.2) is 0 Å². The molecule has 0 aliphatic rings. The van der Waals surface area contributed by atoms with Crippen LogP contribution in [0.15, 0.2) is 53.4 Å². The average Bonchev–Trinajstić information content (AvgIpc) is 3.04. The molecule has 0 radical (unpaired) electrons. The topological polar surface area (TPSA) is 61.2 Å². The molecule has 2 aromatic carbocycles. The van der Waals surface area contributed by atoms with Crippen LogP contribution in [0.25, 0.3) is 5.69 Å². The SMILES string of the molecule is Cc1ccc(-n2nc(C(C)(C)C)cc2OS(=O)(=O)c2cccc(C(F)(F)F)c2)c(C)c1. The van der Waals surface area contributed by atoms with Gasteiger partial charge in [0, 0.05) is 11.5 Å². The third-order valence-corrected chi connectivity index (χ3v) is 5.89. The Labute approximate surface area is 179 Å². The second-order valence-corrected chi connectivity index (χ2v) is 9.93. The number of aromatic nitrogens is 2. The normalized spacial score (nSPS) is 12.8. The van der Waals surface area contributed by atoms with Gasteiger partial charge in [0.05, 0.1) is 16.9 Å². The molecule has 9 heteroatoms. The molecule has 0 aliphatic heterocycles. The number of benzene rings is 2. The molecule has 0 saturated carbocycles. The van der Waals surface area contributed by atoms with E-state index in [1.165, 1.54) is 10.7 Å². The van der Waals surface area contributed by atoms with Crippen molar-refractivity contribution < 1.29 is 25.8 Å². The van der Waals surface area contributed by atoms with Crippen molar-refractivity contribution in [3.63, 3.8) is 0 Å². The van der Waals surface area contributed by atoms with Gasteiger partial charge < -0.3 is 4.18 Å². The van der Waals surface area contributed by atoms with Gasteiger partial charge >= 0.3 is 16.3 Å². The Morgan fingerprint density at radius 3 is 2.23 bits per heavy atom. The van der Waals surface area contributed by atoms with Crippen molar-refractivity contribution >= 4 is 10.1 Å². The Kier molecular flexibility index (Phi) is 5.69. The lowest BCUT2D eigenvalue weighted by atomic mass is 9.93. The molecule has 0 aliphatic carbocycles. The predicted molar refractivity (Wildman–Crippen MR) is 111 cm³/mol. The van der Waals surface area contributed by atoms with Gasteiger partial charge in [0.1, 0.15) is 4.90 Å². The zero-order valence-electron chi connectivity index (χ0n) is 17.8. The number of alkyl halides is 3. The monoisotopic (exact) mass is 452 g/mol. The van der Waals surface area contributed by atoms with Crippen LogP contribution in [-0.4, -0.2) is 18.2 Å². The standard InChI is InChI=1S/C22H23F3N2O3S/c1-14-9-10-18(15(2)11-14)27-20(13-19(26-27)21(3,4)5)30-31(28,29)17-8-6-7-16(12-17)22(23,24)25/h6-13H,1-5H3. The minimum Gasteiger partial charge on any atom is -0.358 e. The van der Waals surface area contributed by atoms with Crippen LogP contribution in [0.4, 0.5) is 13.2 Å². The van der Waals surface area contributed by atoms with Crippen molar-refractivity contribution in [2.45, 2.75) is 51.1 Å². The summed E-state index contributed by atoms with van der Waals surface area (Å²) in [6.07, 6.45) is -4.67. The van der Waals surface area contributed by atoms with Crippen molar-refractivity contribution in [2.75, 3.05) is 0 Å². The van der Waals surface area contributed by atoms with Gasteiger partial charge in [-0.05, 0) is 43.7 Å². The first-order valence-electron chi connectivity index (χ1n) is 9.48. The van der Waals surface area contributed by atoms with E-state index in [0.717, 1.165) is 29.3 Å². The van der Waals surface area contributed by atoms with E-state index in [1.54, 1.807) is 6.07 Å². The van der Waals surface area contributed by atoms with Crippen molar-refractivity contribution in [2.24, 2.45) is 0 Å². The van der Waals surface area contributed by atoms with Crippen molar-refractivity contribution in [1.29, 1.82) is 0 Å². The van der Waals surface area contributed by atoms with Gasteiger partial charge in [-0.25, -0.2) is 0 Å². The van der Waals surface area contributed by atoms with E-state index in [2.05, 4.69) is 5.10 Å². The van der Waals surface area contributed by atoms with Crippen LogP contribution in [0.3, 0.4) is 0 Å². The molecule has 1 heterocycles. The molecule has 0 amide bonds. The minimum atomic E-state index is -4.67. The summed E-state index contributed by atoms with van der Waals surface area (Å²) < 4.78 is 71.4. The highest BCUT2D eigenvalue weighted by molar-refractivity contribution is 7.87. The Bertz CT molecular complexity index is 1220. The van der Waals surface area contributed by atoms with Crippen molar-refractivity contribution in [1.82, 2.24) is 9.78 Å². The first-order chi connectivity index (χ1) is 14.2. The van der Waals surface area contributed by atoms with Crippen LogP contribution in [0.5, 0.6) is 5.88 Å². The van der Waals surface area contributed by atoms with Crippen LogP contribution < -0.4 is 4.18 Å². The second kappa shape index (κ2) is 7.71. The molecule has 0 N–H and O–H groups in total. The summed E-state index contributed by atoms with van der Waals surface area (Å²) in [4.78, 5) is -0.590. The average molecular weight is 452 g/mol. The number of nitrogens with zero attached hydrogens (tertiary/aromatic N) is 2. The van der Waals surface area contributed by atoms with Crippen LogP contribution >= 0.6 is 0 Å². The maximum absolute atomic E-state index is 13.0. The first kappa shape index (κ1) is 22.9. The molecule has 3 rings (SSSR count). The lowest BCUT2D eigenvalue weighted by Crippen LogP contribution is -2.15. The zero-order chi connectivity index (χ0) is 23.2. The minimum absolute atomic E-state index is 0.103. The van der Waals surface area contributed by atoms with Gasteiger partial charge in [-0.15, -0.1) is 0 Å². The number of hydrogen-bond donors (Lipinski definition) is 0. The van der Waals surface area contributed by atoms with Gasteiger partial charge in [-0.2, -0.15) is 31.4 Å². The van der Waals surface area contributed by atoms with E-state index >= 15 is 0 Å². The maximum Gasteiger partial charge on any atom is 0.416 e. The highest BCUT2D eigenvalue weighted by Gasteiger charge is 2.32. The van der Waals surface area contributed by atoms with Gasteiger partial charge in [-0.1, -0.05) is 44.5 Å². The summed E-state index contributed by atoms with van der Waals surface area (Å²) in [6, 6.07) is 10.5. The molecular formula is C22H23F3N2O3S. The summed E-state index contributed by atoms with van der Waals surface area (Å²) in [5.41, 5.74) is 1.54. The fourth-order valence-electron chi connectivity index (χ4n) is 2.99. The Hall–Kier alpha value is -2.81. The largest absolute Gasteiger partial charge is 0.416 e. The third kappa shape index (κ3) is 4.92. The molecule has 0 unspecified atom stereocenters. The third-order valence-electron chi connectivity index (χ3n) is 4.67. The molecule has 31 heavy (non-hydrogen) atoms. The van der Waals surface area contributed by atoms with E-state index < -0.39 is 32.2 Å². The molecule has 3 aromatic rings. The number of rotatable bonds is 4. The summed E-state index contributed by atoms with van der Waals surface area (Å²) in [7, 11) is -4.54. The Morgan fingerprint density at radius 2 is 1.65 bits per heavy atom. The smallest absolute Gasteiger partial charge is 0.358 e. The molecule has 0 atom stereocenters. The summed E-state index contributed by atoms with van der Waals surface area (Å²) >= 11 is 0. The first-order valence-corrected chi connectivity index (χ1v) is 10.9. The number of aryl methyl sites for hydroxylation is 2. The fourth-order valence-corrected chi connectivity index (χ4v) is 3.95. The highest BCUT2D eigenvalue weighted by Crippen LogP contribution is 2.33. The van der Waals surface area contributed by atoms with Crippen molar-refractivity contribution in [3.8, 4) is 11.6 Å². The van der Waals surface area contributed by atoms with Crippen LogP contribution in [-0.2, 0) is 21.7 Å². The Morgan fingerprint density at radius 1 is 0.968 bits per heavy atom. The zero-order valence-corrected chi connectivity index (χ0v) is 18.6. The maximum atomic E-state index is 13.0. The Balaban J connectivity index is 2.11. The lowest BCUT2D eigenvalue weighted by Gasteiger charge is -2.14. The van der Waals surface area contributed by atoms with Gasteiger partial charge in [0.2, 0.25) is 5.88 Å².